The highest BCUT2D eigenvalue weighted by Gasteiger charge is 2.36. The lowest BCUT2D eigenvalue weighted by Crippen LogP contribution is -2.50. The summed E-state index contributed by atoms with van der Waals surface area (Å²) in [6.45, 7) is 3.39. The molecule has 42 heavy (non-hydrogen) atoms. The highest BCUT2D eigenvalue weighted by molar-refractivity contribution is 7.89. The van der Waals surface area contributed by atoms with Gasteiger partial charge >= 0.3 is 0 Å². The number of fused-ring (bicyclic) bond motifs is 1. The van der Waals surface area contributed by atoms with Crippen LogP contribution in [0, 0.1) is 11.7 Å². The first-order valence-corrected chi connectivity index (χ1v) is 14.9. The van der Waals surface area contributed by atoms with Gasteiger partial charge in [0.2, 0.25) is 15.9 Å². The molecule has 0 bridgehead atoms. The fourth-order valence-corrected chi connectivity index (χ4v) is 5.89. The Bertz CT molecular complexity index is 1560. The maximum atomic E-state index is 13.8. The zero-order valence-electron chi connectivity index (χ0n) is 24.2. The normalized spacial score (nSPS) is 18.1. The molecule has 2 amide bonds. The number of nitrogens with zero attached hydrogens (tertiary/aromatic N) is 4. The van der Waals surface area contributed by atoms with E-state index in [1.165, 1.54) is 35.2 Å². The number of amides is 2. The quantitative estimate of drug-likeness (QED) is 0.423. The summed E-state index contributed by atoms with van der Waals surface area (Å²) in [4.78, 5) is 33.7. The van der Waals surface area contributed by atoms with E-state index in [0.717, 1.165) is 16.4 Å². The number of aliphatic hydroxyl groups is 1. The lowest BCUT2D eigenvalue weighted by atomic mass is 9.99. The third-order valence-corrected chi connectivity index (χ3v) is 9.17. The summed E-state index contributed by atoms with van der Waals surface area (Å²) in [6, 6.07) is 12.6. The molecule has 0 saturated heterocycles. The van der Waals surface area contributed by atoms with Gasteiger partial charge in [-0.15, -0.1) is 0 Å². The number of rotatable bonds is 8. The number of aromatic nitrogens is 1. The van der Waals surface area contributed by atoms with Crippen LogP contribution >= 0.6 is 0 Å². The number of carbonyl (C=O) groups excluding carboxylic acids is 2. The Labute approximate surface area is 245 Å². The number of benzene rings is 2. The molecule has 224 valence electrons. The maximum absolute atomic E-state index is 13.8. The number of halogens is 1. The molecular formula is C30H35FN4O6S. The lowest BCUT2D eigenvalue weighted by Gasteiger charge is -2.37. The van der Waals surface area contributed by atoms with Crippen LogP contribution in [-0.2, 0) is 10.0 Å². The maximum Gasteiger partial charge on any atom is 0.259 e. The molecule has 3 aromatic rings. The number of likely N-dealkylation sites (N-methyl/N-ethyl adjacent to an activating group) is 1. The molecule has 0 saturated carbocycles. The van der Waals surface area contributed by atoms with Crippen molar-refractivity contribution in [1.29, 1.82) is 0 Å². The van der Waals surface area contributed by atoms with Crippen molar-refractivity contribution in [2.24, 2.45) is 5.92 Å². The van der Waals surface area contributed by atoms with Crippen LogP contribution in [-0.4, -0.2) is 97.4 Å². The van der Waals surface area contributed by atoms with Gasteiger partial charge in [-0.3, -0.25) is 9.59 Å². The third kappa shape index (κ3) is 6.45. The lowest BCUT2D eigenvalue weighted by molar-refractivity contribution is 0.0373. The molecule has 1 aliphatic heterocycles. The molecule has 1 aromatic heterocycles. The number of hydrogen-bond donors (Lipinski definition) is 1. The van der Waals surface area contributed by atoms with E-state index in [1.54, 1.807) is 51.4 Å². The number of aliphatic hydroxyl groups excluding tert-OH is 1. The molecule has 2 aromatic carbocycles. The van der Waals surface area contributed by atoms with Crippen molar-refractivity contribution < 1.29 is 32.2 Å². The number of sulfonamides is 1. The molecule has 0 unspecified atom stereocenters. The zero-order valence-corrected chi connectivity index (χ0v) is 25.0. The van der Waals surface area contributed by atoms with Gasteiger partial charge in [-0.2, -0.15) is 4.31 Å². The first-order valence-electron chi connectivity index (χ1n) is 13.5. The molecule has 0 radical (unpaired) electrons. The molecular weight excluding hydrogens is 563 g/mol. The molecule has 1 N–H and O–H groups in total. The minimum absolute atomic E-state index is 0.0311. The Morgan fingerprint density at radius 3 is 2.48 bits per heavy atom. The predicted molar refractivity (Wildman–Crippen MR) is 155 cm³/mol. The van der Waals surface area contributed by atoms with Crippen molar-refractivity contribution in [1.82, 2.24) is 19.1 Å². The van der Waals surface area contributed by atoms with E-state index in [-0.39, 0.29) is 53.8 Å². The van der Waals surface area contributed by atoms with Crippen molar-refractivity contribution >= 4 is 21.8 Å². The molecule has 0 fully saturated rings. The molecule has 12 heteroatoms. The first-order chi connectivity index (χ1) is 19.8. The summed E-state index contributed by atoms with van der Waals surface area (Å²) >= 11 is 0. The molecule has 10 nitrogen and oxygen atoms in total. The van der Waals surface area contributed by atoms with Crippen LogP contribution in [0.3, 0.4) is 0 Å². The van der Waals surface area contributed by atoms with Gasteiger partial charge < -0.3 is 19.6 Å². The van der Waals surface area contributed by atoms with Crippen molar-refractivity contribution in [3.8, 4) is 17.0 Å². The number of carbonyl (C=O) groups is 2. The second kappa shape index (κ2) is 12.6. The first kappa shape index (κ1) is 31.1. The van der Waals surface area contributed by atoms with Gasteiger partial charge in [-0.05, 0) is 55.0 Å². The average molecular weight is 599 g/mol. The van der Waals surface area contributed by atoms with Crippen LogP contribution in [0.4, 0.5) is 4.39 Å². The second-order valence-electron chi connectivity index (χ2n) is 10.7. The SMILES string of the molecule is C[C@H]1CN([C@@H](C)CO)C(=O)c2cc(-c3cccc(C(=O)N(C)C)c3)cnc2O[C@@H]1CN(C)S(=O)(=O)c1ccc(F)cc1. The second-order valence-corrected chi connectivity index (χ2v) is 12.8. The van der Waals surface area contributed by atoms with Crippen LogP contribution < -0.4 is 4.74 Å². The number of pyridine rings is 1. The van der Waals surface area contributed by atoms with E-state index < -0.39 is 28.0 Å². The Balaban J connectivity index is 1.72. The van der Waals surface area contributed by atoms with Crippen molar-refractivity contribution in [2.75, 3.05) is 40.8 Å². The molecule has 3 atom stereocenters. The summed E-state index contributed by atoms with van der Waals surface area (Å²) in [5.74, 6) is -1.43. The number of ether oxygens (including phenoxy) is 1. The van der Waals surface area contributed by atoms with Gasteiger partial charge in [0.1, 0.15) is 17.5 Å². The summed E-state index contributed by atoms with van der Waals surface area (Å²) in [5.41, 5.74) is 1.88. The van der Waals surface area contributed by atoms with Gasteiger partial charge in [0.05, 0.1) is 24.1 Å². The minimum Gasteiger partial charge on any atom is -0.472 e. The Kier molecular flexibility index (Phi) is 9.29. The molecule has 0 spiro atoms. The summed E-state index contributed by atoms with van der Waals surface area (Å²) in [5, 5.41) is 9.93. The molecule has 4 rings (SSSR count). The third-order valence-electron chi connectivity index (χ3n) is 7.33. The van der Waals surface area contributed by atoms with E-state index in [1.807, 2.05) is 6.92 Å². The molecule has 0 aliphatic carbocycles. The van der Waals surface area contributed by atoms with Gasteiger partial charge in [0, 0.05) is 50.9 Å². The summed E-state index contributed by atoms with van der Waals surface area (Å²) < 4.78 is 47.2. The molecule has 2 heterocycles. The van der Waals surface area contributed by atoms with E-state index in [2.05, 4.69) is 4.98 Å². The van der Waals surface area contributed by atoms with Crippen molar-refractivity contribution in [3.63, 3.8) is 0 Å². The fraction of sp³-hybridized carbons (Fsp3) is 0.367. The monoisotopic (exact) mass is 598 g/mol. The van der Waals surface area contributed by atoms with E-state index in [0.29, 0.717) is 16.7 Å². The average Bonchev–Trinajstić information content (AvgIpc) is 2.98. The summed E-state index contributed by atoms with van der Waals surface area (Å²) in [7, 11) is 0.764. The molecule has 1 aliphatic rings. The van der Waals surface area contributed by atoms with E-state index in [9.17, 15) is 27.5 Å². The highest BCUT2D eigenvalue weighted by atomic mass is 32.2. The van der Waals surface area contributed by atoms with Crippen LogP contribution in [0.5, 0.6) is 5.88 Å². The Hall–Kier alpha value is -3.87. The highest BCUT2D eigenvalue weighted by Crippen LogP contribution is 2.31. The van der Waals surface area contributed by atoms with Crippen LogP contribution in [0.2, 0.25) is 0 Å². The fourth-order valence-electron chi connectivity index (χ4n) is 4.71. The van der Waals surface area contributed by atoms with Crippen LogP contribution in [0.15, 0.2) is 65.7 Å². The minimum atomic E-state index is -3.97. The van der Waals surface area contributed by atoms with Crippen LogP contribution in [0.1, 0.15) is 34.6 Å². The standard InChI is InChI=1S/C30H35FN4O6S/c1-19-16-35(20(2)18-36)30(38)26-14-23(21-7-6-8-22(13-21)29(37)33(3)4)15-32-28(26)41-27(19)17-34(5)42(39,40)25-11-9-24(31)10-12-25/h6-15,19-20,27,36H,16-18H2,1-5H3/t19-,20-,27+/m0/s1. The zero-order chi connectivity index (χ0) is 30.8. The Morgan fingerprint density at radius 2 is 1.83 bits per heavy atom. The number of hydrogen-bond acceptors (Lipinski definition) is 7. The van der Waals surface area contributed by atoms with Crippen molar-refractivity contribution in [2.45, 2.75) is 30.9 Å². The van der Waals surface area contributed by atoms with Gasteiger partial charge in [-0.25, -0.2) is 17.8 Å². The van der Waals surface area contributed by atoms with Gasteiger partial charge in [0.15, 0.2) is 0 Å². The van der Waals surface area contributed by atoms with Crippen LogP contribution in [0.25, 0.3) is 11.1 Å². The topological polar surface area (TPSA) is 120 Å². The summed E-state index contributed by atoms with van der Waals surface area (Å²) in [6.07, 6.45) is 0.817. The smallest absolute Gasteiger partial charge is 0.259 e. The van der Waals surface area contributed by atoms with E-state index in [4.69, 9.17) is 4.74 Å². The van der Waals surface area contributed by atoms with E-state index >= 15 is 0 Å². The van der Waals surface area contributed by atoms with Gasteiger partial charge in [-0.1, -0.05) is 19.1 Å². The largest absolute Gasteiger partial charge is 0.472 e. The van der Waals surface area contributed by atoms with Gasteiger partial charge in [0.25, 0.3) is 11.8 Å². The Morgan fingerprint density at radius 1 is 1.14 bits per heavy atom. The predicted octanol–water partition coefficient (Wildman–Crippen LogP) is 3.13. The van der Waals surface area contributed by atoms with Crippen molar-refractivity contribution in [3.05, 3.63) is 77.7 Å².